The van der Waals surface area contributed by atoms with Crippen molar-refractivity contribution in [1.82, 2.24) is 0 Å². The highest BCUT2D eigenvalue weighted by Gasteiger charge is 2.20. The van der Waals surface area contributed by atoms with E-state index in [1.165, 1.54) is 37.5 Å². The fourth-order valence-electron chi connectivity index (χ4n) is 2.85. The molecule has 0 unspecified atom stereocenters. The van der Waals surface area contributed by atoms with Gasteiger partial charge in [0.05, 0.1) is 10.6 Å². The van der Waals surface area contributed by atoms with Crippen LogP contribution in [0, 0.1) is 0 Å². The SMILES string of the molecule is CCCCCCCCN(C(=O)c1ccc(O)cc1Cl)c1ccc(O)cc1. The van der Waals surface area contributed by atoms with E-state index in [0.29, 0.717) is 17.8 Å². The van der Waals surface area contributed by atoms with Crippen molar-refractivity contribution in [2.75, 3.05) is 11.4 Å². The second kappa shape index (κ2) is 10.1. The Labute approximate surface area is 160 Å². The Bertz CT molecular complexity index is 716. The predicted octanol–water partition coefficient (Wildman–Crippen LogP) is 5.76. The molecule has 0 saturated carbocycles. The van der Waals surface area contributed by atoms with Crippen molar-refractivity contribution in [3.05, 3.63) is 53.1 Å². The third-order valence-electron chi connectivity index (χ3n) is 4.32. The smallest absolute Gasteiger partial charge is 0.259 e. The highest BCUT2D eigenvalue weighted by molar-refractivity contribution is 6.34. The molecular weight excluding hydrogens is 350 g/mol. The van der Waals surface area contributed by atoms with Gasteiger partial charge in [0.2, 0.25) is 0 Å². The lowest BCUT2D eigenvalue weighted by atomic mass is 10.1. The maximum absolute atomic E-state index is 13.0. The number of hydrogen-bond donors (Lipinski definition) is 2. The van der Waals surface area contributed by atoms with Crippen LogP contribution in [-0.2, 0) is 0 Å². The van der Waals surface area contributed by atoms with Crippen LogP contribution in [-0.4, -0.2) is 22.7 Å². The number of halogens is 1. The molecule has 5 heteroatoms. The number of phenols is 2. The number of aromatic hydroxyl groups is 2. The summed E-state index contributed by atoms with van der Waals surface area (Å²) in [4.78, 5) is 14.7. The Morgan fingerprint density at radius 3 is 2.19 bits per heavy atom. The summed E-state index contributed by atoms with van der Waals surface area (Å²) >= 11 is 6.15. The van der Waals surface area contributed by atoms with Gasteiger partial charge in [-0.25, -0.2) is 0 Å². The fraction of sp³-hybridized carbons (Fsp3) is 0.381. The molecule has 2 aromatic carbocycles. The summed E-state index contributed by atoms with van der Waals surface area (Å²) in [6.07, 6.45) is 6.78. The quantitative estimate of drug-likeness (QED) is 0.548. The molecule has 0 fully saturated rings. The molecule has 0 aliphatic rings. The molecule has 2 aromatic rings. The van der Waals surface area contributed by atoms with Gasteiger partial charge in [-0.15, -0.1) is 0 Å². The summed E-state index contributed by atoms with van der Waals surface area (Å²) in [6, 6.07) is 10.9. The molecule has 0 saturated heterocycles. The third kappa shape index (κ3) is 5.67. The van der Waals surface area contributed by atoms with Gasteiger partial charge in [-0.05, 0) is 48.9 Å². The van der Waals surface area contributed by atoms with Gasteiger partial charge in [-0.3, -0.25) is 4.79 Å². The summed E-state index contributed by atoms with van der Waals surface area (Å²) < 4.78 is 0. The second-order valence-corrected chi connectivity index (χ2v) is 6.81. The lowest BCUT2D eigenvalue weighted by Gasteiger charge is -2.23. The van der Waals surface area contributed by atoms with Gasteiger partial charge in [0, 0.05) is 12.2 Å². The fourth-order valence-corrected chi connectivity index (χ4v) is 3.11. The van der Waals surface area contributed by atoms with E-state index < -0.39 is 0 Å². The van der Waals surface area contributed by atoms with E-state index >= 15 is 0 Å². The largest absolute Gasteiger partial charge is 0.508 e. The molecule has 0 radical (unpaired) electrons. The van der Waals surface area contributed by atoms with Crippen molar-refractivity contribution in [1.29, 1.82) is 0 Å². The lowest BCUT2D eigenvalue weighted by molar-refractivity contribution is 0.0986. The van der Waals surface area contributed by atoms with Crippen molar-refractivity contribution in [3.8, 4) is 11.5 Å². The Kier molecular flexibility index (Phi) is 7.79. The maximum Gasteiger partial charge on any atom is 0.259 e. The Morgan fingerprint density at radius 1 is 0.923 bits per heavy atom. The topological polar surface area (TPSA) is 60.8 Å². The van der Waals surface area contributed by atoms with E-state index in [1.807, 2.05) is 0 Å². The van der Waals surface area contributed by atoms with Crippen molar-refractivity contribution in [3.63, 3.8) is 0 Å². The van der Waals surface area contributed by atoms with Gasteiger partial charge in [0.15, 0.2) is 0 Å². The number of amides is 1. The zero-order valence-electron chi connectivity index (χ0n) is 15.1. The molecule has 0 atom stereocenters. The number of carbonyl (C=O) groups is 1. The van der Waals surface area contributed by atoms with Crippen LogP contribution in [0.5, 0.6) is 11.5 Å². The van der Waals surface area contributed by atoms with E-state index in [1.54, 1.807) is 29.2 Å². The third-order valence-corrected chi connectivity index (χ3v) is 4.64. The number of rotatable bonds is 9. The summed E-state index contributed by atoms with van der Waals surface area (Å²) in [6.45, 7) is 2.76. The molecule has 4 nitrogen and oxygen atoms in total. The number of phenolic OH excluding ortho intramolecular Hbond substituents is 2. The number of nitrogens with zero attached hydrogens (tertiary/aromatic N) is 1. The van der Waals surface area contributed by atoms with Gasteiger partial charge < -0.3 is 15.1 Å². The van der Waals surface area contributed by atoms with Crippen molar-refractivity contribution < 1.29 is 15.0 Å². The van der Waals surface area contributed by atoms with Crippen LogP contribution in [0.15, 0.2) is 42.5 Å². The normalized spacial score (nSPS) is 10.7. The molecule has 0 aliphatic heterocycles. The standard InChI is InChI=1S/C21H26ClNO3/c1-2-3-4-5-6-7-14-23(16-8-10-17(24)11-9-16)21(26)19-13-12-18(25)15-20(19)22/h8-13,15,24-25H,2-7,14H2,1H3. The molecule has 0 aromatic heterocycles. The number of hydrogen-bond acceptors (Lipinski definition) is 3. The lowest BCUT2D eigenvalue weighted by Crippen LogP contribution is -2.32. The first-order valence-corrected chi connectivity index (χ1v) is 9.50. The monoisotopic (exact) mass is 375 g/mol. The van der Waals surface area contributed by atoms with Crippen molar-refractivity contribution in [2.24, 2.45) is 0 Å². The molecule has 2 N–H and O–H groups in total. The Hall–Kier alpha value is -2.20. The maximum atomic E-state index is 13.0. The second-order valence-electron chi connectivity index (χ2n) is 6.41. The van der Waals surface area contributed by atoms with Crippen molar-refractivity contribution in [2.45, 2.75) is 45.4 Å². The number of carbonyl (C=O) groups excluding carboxylic acids is 1. The number of benzene rings is 2. The predicted molar refractivity (Wildman–Crippen MR) is 106 cm³/mol. The number of unbranched alkanes of at least 4 members (excludes halogenated alkanes) is 5. The first-order chi connectivity index (χ1) is 12.5. The molecule has 1 amide bonds. The van der Waals surface area contributed by atoms with Crippen LogP contribution in [0.25, 0.3) is 0 Å². The highest BCUT2D eigenvalue weighted by Crippen LogP contribution is 2.26. The molecule has 0 bridgehead atoms. The van der Waals surface area contributed by atoms with Crippen LogP contribution in [0.1, 0.15) is 55.8 Å². The van der Waals surface area contributed by atoms with Gasteiger partial charge in [0.25, 0.3) is 5.91 Å². The average molecular weight is 376 g/mol. The average Bonchev–Trinajstić information content (AvgIpc) is 2.62. The van der Waals surface area contributed by atoms with Crippen LogP contribution in [0.4, 0.5) is 5.69 Å². The zero-order chi connectivity index (χ0) is 18.9. The van der Waals surface area contributed by atoms with E-state index in [9.17, 15) is 15.0 Å². The molecule has 0 spiro atoms. The van der Waals surface area contributed by atoms with Gasteiger partial charge >= 0.3 is 0 Å². The van der Waals surface area contributed by atoms with Gasteiger partial charge in [-0.1, -0.05) is 50.6 Å². The van der Waals surface area contributed by atoms with E-state index in [4.69, 9.17) is 11.6 Å². The van der Waals surface area contributed by atoms with E-state index in [-0.39, 0.29) is 22.4 Å². The van der Waals surface area contributed by atoms with E-state index in [2.05, 4.69) is 6.92 Å². The van der Waals surface area contributed by atoms with Gasteiger partial charge in [-0.2, -0.15) is 0 Å². The Morgan fingerprint density at radius 2 is 1.54 bits per heavy atom. The summed E-state index contributed by atoms with van der Waals surface area (Å²) in [5.41, 5.74) is 1.06. The molecule has 0 heterocycles. The van der Waals surface area contributed by atoms with Crippen LogP contribution < -0.4 is 4.90 Å². The zero-order valence-corrected chi connectivity index (χ0v) is 15.9. The van der Waals surface area contributed by atoms with Gasteiger partial charge in [0.1, 0.15) is 11.5 Å². The molecule has 26 heavy (non-hydrogen) atoms. The molecule has 140 valence electrons. The Balaban J connectivity index is 2.14. The van der Waals surface area contributed by atoms with Crippen LogP contribution in [0.2, 0.25) is 5.02 Å². The number of anilines is 1. The van der Waals surface area contributed by atoms with Crippen LogP contribution >= 0.6 is 11.6 Å². The minimum absolute atomic E-state index is 0.0265. The first-order valence-electron chi connectivity index (χ1n) is 9.12. The first kappa shape index (κ1) is 20.1. The van der Waals surface area contributed by atoms with E-state index in [0.717, 1.165) is 19.3 Å². The molecular formula is C21H26ClNO3. The summed E-state index contributed by atoms with van der Waals surface area (Å²) in [7, 11) is 0. The molecule has 2 rings (SSSR count). The summed E-state index contributed by atoms with van der Waals surface area (Å²) in [5.74, 6) is -0.0312. The summed E-state index contributed by atoms with van der Waals surface area (Å²) in [5, 5.41) is 19.2. The minimum Gasteiger partial charge on any atom is -0.508 e. The molecule has 0 aliphatic carbocycles. The minimum atomic E-state index is -0.214. The highest BCUT2D eigenvalue weighted by atomic mass is 35.5. The van der Waals surface area contributed by atoms with Crippen molar-refractivity contribution >= 4 is 23.2 Å². The van der Waals surface area contributed by atoms with Crippen LogP contribution in [0.3, 0.4) is 0 Å².